The Kier molecular flexibility index (Phi) is 5.37. The molecule has 3 heteroatoms. The Morgan fingerprint density at radius 2 is 2.08 bits per heavy atom. The van der Waals surface area contributed by atoms with Crippen molar-refractivity contribution in [1.29, 1.82) is 0 Å². The molecule has 0 saturated heterocycles. The zero-order valence-corrected chi connectivity index (χ0v) is 7.53. The van der Waals surface area contributed by atoms with E-state index in [1.54, 1.807) is 0 Å². The van der Waals surface area contributed by atoms with Gasteiger partial charge in [-0.15, -0.1) is 0 Å². The maximum Gasteiger partial charge on any atom is 0.300 e. The van der Waals surface area contributed by atoms with Gasteiger partial charge in [0.25, 0.3) is 5.97 Å². The number of hydrogen-bond donors (Lipinski definition) is 2. The van der Waals surface area contributed by atoms with Crippen molar-refractivity contribution < 1.29 is 15.0 Å². The van der Waals surface area contributed by atoms with Gasteiger partial charge in [-0.1, -0.05) is 19.1 Å². The van der Waals surface area contributed by atoms with Crippen molar-refractivity contribution in [3.8, 4) is 0 Å². The second-order valence-electron chi connectivity index (χ2n) is 3.09. The van der Waals surface area contributed by atoms with E-state index in [0.29, 0.717) is 5.92 Å². The zero-order chi connectivity index (χ0) is 9.56. The van der Waals surface area contributed by atoms with Gasteiger partial charge in [-0.25, -0.2) is 0 Å². The Bertz CT molecular complexity index is 159. The standard InChI is InChI=1S/C7H12O.C2H4O2/c1-6-3-2-4-7(8)5-6;1-2(3)4/h2,4,6-8H,3,5H2,1H3;1H3,(H,3,4)/t6-,7+;/m0./s1. The summed E-state index contributed by atoms with van der Waals surface area (Å²) < 4.78 is 0. The van der Waals surface area contributed by atoms with E-state index in [2.05, 4.69) is 13.0 Å². The minimum atomic E-state index is -0.833. The first kappa shape index (κ1) is 11.2. The molecule has 0 aromatic heterocycles. The van der Waals surface area contributed by atoms with E-state index < -0.39 is 5.97 Å². The van der Waals surface area contributed by atoms with Crippen LogP contribution < -0.4 is 0 Å². The van der Waals surface area contributed by atoms with Crippen LogP contribution in [0.1, 0.15) is 26.7 Å². The third-order valence-electron chi connectivity index (χ3n) is 1.54. The number of aliphatic carboxylic acids is 1. The minimum Gasteiger partial charge on any atom is -0.481 e. The number of hydrogen-bond acceptors (Lipinski definition) is 2. The molecule has 0 fully saturated rings. The van der Waals surface area contributed by atoms with Crippen LogP contribution in [0.2, 0.25) is 0 Å². The third kappa shape index (κ3) is 7.28. The molecule has 3 nitrogen and oxygen atoms in total. The molecular formula is C9H16O3. The van der Waals surface area contributed by atoms with E-state index in [-0.39, 0.29) is 6.10 Å². The van der Waals surface area contributed by atoms with Gasteiger partial charge in [0, 0.05) is 6.92 Å². The molecule has 0 aliphatic heterocycles. The number of aliphatic hydroxyl groups excluding tert-OH is 1. The van der Waals surface area contributed by atoms with Crippen LogP contribution in [-0.2, 0) is 4.79 Å². The van der Waals surface area contributed by atoms with E-state index in [1.165, 1.54) is 0 Å². The molecule has 0 unspecified atom stereocenters. The summed E-state index contributed by atoms with van der Waals surface area (Å²) in [5.41, 5.74) is 0. The molecule has 2 atom stereocenters. The molecule has 12 heavy (non-hydrogen) atoms. The number of carboxylic acid groups (broad SMARTS) is 1. The highest BCUT2D eigenvalue weighted by Gasteiger charge is 2.09. The van der Waals surface area contributed by atoms with Crippen molar-refractivity contribution in [3.63, 3.8) is 0 Å². The molecule has 0 aromatic carbocycles. The predicted molar refractivity (Wildman–Crippen MR) is 46.9 cm³/mol. The average molecular weight is 172 g/mol. The molecule has 0 saturated carbocycles. The SMILES string of the molecule is CC(=O)O.C[C@H]1CC=C[C@@H](O)C1. The fourth-order valence-electron chi connectivity index (χ4n) is 1.06. The summed E-state index contributed by atoms with van der Waals surface area (Å²) in [6.45, 7) is 3.24. The van der Waals surface area contributed by atoms with Crippen LogP contribution in [-0.4, -0.2) is 22.3 Å². The van der Waals surface area contributed by atoms with E-state index >= 15 is 0 Å². The monoisotopic (exact) mass is 172 g/mol. The summed E-state index contributed by atoms with van der Waals surface area (Å²) in [5.74, 6) is -0.157. The van der Waals surface area contributed by atoms with Crippen molar-refractivity contribution in [3.05, 3.63) is 12.2 Å². The topological polar surface area (TPSA) is 57.5 Å². The number of rotatable bonds is 0. The van der Waals surface area contributed by atoms with Crippen LogP contribution in [0, 0.1) is 5.92 Å². The van der Waals surface area contributed by atoms with Crippen molar-refractivity contribution >= 4 is 5.97 Å². The van der Waals surface area contributed by atoms with Crippen LogP contribution in [0.5, 0.6) is 0 Å². The van der Waals surface area contributed by atoms with Gasteiger partial charge in [-0.05, 0) is 18.8 Å². The maximum atomic E-state index is 9.00. The van der Waals surface area contributed by atoms with Crippen LogP contribution in [0.25, 0.3) is 0 Å². The Balaban J connectivity index is 0.000000261. The molecule has 2 N–H and O–H groups in total. The van der Waals surface area contributed by atoms with Crippen LogP contribution >= 0.6 is 0 Å². The van der Waals surface area contributed by atoms with Crippen LogP contribution in [0.3, 0.4) is 0 Å². The molecule has 0 spiro atoms. The fraction of sp³-hybridized carbons (Fsp3) is 0.667. The Morgan fingerprint density at radius 3 is 2.33 bits per heavy atom. The van der Waals surface area contributed by atoms with Crippen LogP contribution in [0.4, 0.5) is 0 Å². The summed E-state index contributed by atoms with van der Waals surface area (Å²) in [4.78, 5) is 9.00. The highest BCUT2D eigenvalue weighted by Crippen LogP contribution is 2.16. The molecule has 0 heterocycles. The van der Waals surface area contributed by atoms with Gasteiger partial charge < -0.3 is 10.2 Å². The molecule has 70 valence electrons. The second-order valence-corrected chi connectivity index (χ2v) is 3.09. The number of carboxylic acids is 1. The van der Waals surface area contributed by atoms with Crippen LogP contribution in [0.15, 0.2) is 12.2 Å². The Morgan fingerprint density at radius 1 is 1.58 bits per heavy atom. The third-order valence-corrected chi connectivity index (χ3v) is 1.54. The first-order valence-corrected chi connectivity index (χ1v) is 4.06. The van der Waals surface area contributed by atoms with Gasteiger partial charge in [-0.3, -0.25) is 4.79 Å². The van der Waals surface area contributed by atoms with Crippen molar-refractivity contribution in [2.24, 2.45) is 5.92 Å². The van der Waals surface area contributed by atoms with E-state index in [9.17, 15) is 0 Å². The molecule has 0 radical (unpaired) electrons. The zero-order valence-electron chi connectivity index (χ0n) is 7.53. The number of aliphatic hydroxyl groups is 1. The van der Waals surface area contributed by atoms with Gasteiger partial charge in [-0.2, -0.15) is 0 Å². The van der Waals surface area contributed by atoms with E-state index in [4.69, 9.17) is 15.0 Å². The molecular weight excluding hydrogens is 156 g/mol. The fourth-order valence-corrected chi connectivity index (χ4v) is 1.06. The van der Waals surface area contributed by atoms with Crippen molar-refractivity contribution in [2.75, 3.05) is 0 Å². The highest BCUT2D eigenvalue weighted by atomic mass is 16.4. The van der Waals surface area contributed by atoms with Crippen molar-refractivity contribution in [2.45, 2.75) is 32.8 Å². The Labute approximate surface area is 72.7 Å². The average Bonchev–Trinajstić information content (AvgIpc) is 1.84. The van der Waals surface area contributed by atoms with Gasteiger partial charge >= 0.3 is 0 Å². The summed E-state index contributed by atoms with van der Waals surface area (Å²) in [6, 6.07) is 0. The molecule has 0 aromatic rings. The first-order valence-electron chi connectivity index (χ1n) is 4.06. The largest absolute Gasteiger partial charge is 0.481 e. The lowest BCUT2D eigenvalue weighted by Gasteiger charge is -2.16. The van der Waals surface area contributed by atoms with Gasteiger partial charge in [0.2, 0.25) is 0 Å². The van der Waals surface area contributed by atoms with Gasteiger partial charge in [0.15, 0.2) is 0 Å². The molecule has 1 aliphatic carbocycles. The molecule has 1 rings (SSSR count). The van der Waals surface area contributed by atoms with Crippen molar-refractivity contribution in [1.82, 2.24) is 0 Å². The van der Waals surface area contributed by atoms with E-state index in [1.807, 2.05) is 6.08 Å². The predicted octanol–water partition coefficient (Wildman–Crippen LogP) is 1.42. The minimum absolute atomic E-state index is 0.168. The Hall–Kier alpha value is -0.830. The summed E-state index contributed by atoms with van der Waals surface area (Å²) in [6.07, 6.45) is 5.84. The molecule has 0 amide bonds. The first-order chi connectivity index (χ1) is 5.52. The second kappa shape index (κ2) is 5.77. The van der Waals surface area contributed by atoms with Gasteiger partial charge in [0.05, 0.1) is 6.10 Å². The number of carbonyl (C=O) groups is 1. The summed E-state index contributed by atoms with van der Waals surface area (Å²) in [7, 11) is 0. The summed E-state index contributed by atoms with van der Waals surface area (Å²) >= 11 is 0. The molecule has 1 aliphatic rings. The lowest BCUT2D eigenvalue weighted by Crippen LogP contribution is -2.11. The lowest BCUT2D eigenvalue weighted by molar-refractivity contribution is -0.134. The van der Waals surface area contributed by atoms with Gasteiger partial charge in [0.1, 0.15) is 0 Å². The quantitative estimate of drug-likeness (QED) is 0.543. The number of allylic oxidation sites excluding steroid dienone is 1. The highest BCUT2D eigenvalue weighted by molar-refractivity contribution is 5.62. The normalized spacial score (nSPS) is 27.2. The molecule has 0 bridgehead atoms. The lowest BCUT2D eigenvalue weighted by atomic mass is 9.95. The smallest absolute Gasteiger partial charge is 0.300 e. The summed E-state index contributed by atoms with van der Waals surface area (Å²) in [5, 5.41) is 16.4. The maximum absolute atomic E-state index is 9.00. The van der Waals surface area contributed by atoms with E-state index in [0.717, 1.165) is 19.8 Å².